The van der Waals surface area contributed by atoms with Crippen LogP contribution in [-0.4, -0.2) is 22.6 Å². The van der Waals surface area contributed by atoms with E-state index in [9.17, 15) is 9.59 Å². The van der Waals surface area contributed by atoms with Crippen LogP contribution in [0.3, 0.4) is 0 Å². The number of carbonyl (C=O) groups excluding carboxylic acids is 1. The maximum absolute atomic E-state index is 11.7. The number of carboxylic acids is 1. The monoisotopic (exact) mass is 484 g/mol. The maximum Gasteiger partial charge on any atom is 0.324 e. The predicted octanol–water partition coefficient (Wildman–Crippen LogP) is 5.67. The Morgan fingerprint density at radius 2 is 1.23 bits per heavy atom. The summed E-state index contributed by atoms with van der Waals surface area (Å²) in [5, 5.41) is 8.59. The largest absolute Gasteiger partial charge is 0.480 e. The Balaban J connectivity index is 0.000000273. The van der Waals surface area contributed by atoms with Crippen molar-refractivity contribution in [2.75, 3.05) is 0 Å². The van der Waals surface area contributed by atoms with Gasteiger partial charge in [-0.15, -0.1) is 0 Å². The fourth-order valence-electron chi connectivity index (χ4n) is 1.88. The molecule has 0 radical (unpaired) electrons. The highest BCUT2D eigenvalue weighted by atomic mass is 79.9. The van der Waals surface area contributed by atoms with E-state index in [0.717, 1.165) is 11.1 Å². The Kier molecular flexibility index (Phi) is 9.02. The Morgan fingerprint density at radius 1 is 0.846 bits per heavy atom. The van der Waals surface area contributed by atoms with Crippen LogP contribution in [0.1, 0.15) is 41.6 Å². The van der Waals surface area contributed by atoms with Crippen LogP contribution in [0, 0.1) is 0 Å². The standard InChI is InChI=1S/C12H15BrO2.C8H7BrO2/c1-12(2,3)15-11(14)10(13)9-7-5-4-6-8-9;9-7(8(10)11)6-4-2-1-3-5-6/h4-8,10H,1-3H3;1-5,7H,(H,10,11). The summed E-state index contributed by atoms with van der Waals surface area (Å²) < 4.78 is 5.27. The van der Waals surface area contributed by atoms with Crippen LogP contribution in [-0.2, 0) is 14.3 Å². The normalized spacial score (nSPS) is 13.0. The van der Waals surface area contributed by atoms with Gasteiger partial charge in [0.05, 0.1) is 0 Å². The third kappa shape index (κ3) is 8.15. The minimum absolute atomic E-state index is 0.256. The summed E-state index contributed by atoms with van der Waals surface area (Å²) in [6.07, 6.45) is 0. The summed E-state index contributed by atoms with van der Waals surface area (Å²) in [7, 11) is 0. The summed E-state index contributed by atoms with van der Waals surface area (Å²) in [5.41, 5.74) is 1.23. The minimum Gasteiger partial charge on any atom is -0.480 e. The summed E-state index contributed by atoms with van der Waals surface area (Å²) in [5.74, 6) is -1.12. The zero-order valence-corrected chi connectivity index (χ0v) is 18.0. The molecular weight excluding hydrogens is 464 g/mol. The summed E-state index contributed by atoms with van der Waals surface area (Å²) in [6, 6.07) is 18.5. The van der Waals surface area contributed by atoms with Crippen molar-refractivity contribution in [3.63, 3.8) is 0 Å². The quantitative estimate of drug-likeness (QED) is 0.447. The molecule has 0 saturated heterocycles. The molecule has 0 bridgehead atoms. The molecule has 1 N–H and O–H groups in total. The molecule has 2 atom stereocenters. The van der Waals surface area contributed by atoms with Gasteiger partial charge in [-0.1, -0.05) is 92.5 Å². The lowest BCUT2D eigenvalue weighted by atomic mass is 10.1. The van der Waals surface area contributed by atoms with E-state index in [4.69, 9.17) is 9.84 Å². The van der Waals surface area contributed by atoms with Crippen LogP contribution in [0.5, 0.6) is 0 Å². The molecule has 6 heteroatoms. The van der Waals surface area contributed by atoms with E-state index in [2.05, 4.69) is 31.9 Å². The van der Waals surface area contributed by atoms with Crippen LogP contribution in [0.2, 0.25) is 0 Å². The highest BCUT2D eigenvalue weighted by Crippen LogP contribution is 2.26. The van der Waals surface area contributed by atoms with E-state index < -0.39 is 21.2 Å². The first-order valence-corrected chi connectivity index (χ1v) is 9.78. The van der Waals surface area contributed by atoms with Gasteiger partial charge < -0.3 is 9.84 Å². The highest BCUT2D eigenvalue weighted by Gasteiger charge is 2.23. The second kappa shape index (κ2) is 10.5. The molecule has 0 aliphatic rings. The molecule has 26 heavy (non-hydrogen) atoms. The van der Waals surface area contributed by atoms with E-state index in [1.807, 2.05) is 69.3 Å². The number of halogens is 2. The molecule has 0 spiro atoms. The second-order valence-corrected chi connectivity index (χ2v) is 8.25. The molecule has 0 aliphatic heterocycles. The Labute approximate surface area is 170 Å². The van der Waals surface area contributed by atoms with Crippen LogP contribution < -0.4 is 0 Å². The first kappa shape index (κ1) is 22.4. The number of hydrogen-bond acceptors (Lipinski definition) is 3. The lowest BCUT2D eigenvalue weighted by molar-refractivity contribution is -0.154. The molecule has 140 valence electrons. The van der Waals surface area contributed by atoms with Crippen molar-refractivity contribution in [1.82, 2.24) is 0 Å². The van der Waals surface area contributed by atoms with Crippen molar-refractivity contribution < 1.29 is 19.4 Å². The molecule has 2 rings (SSSR count). The van der Waals surface area contributed by atoms with Crippen molar-refractivity contribution >= 4 is 43.8 Å². The minimum atomic E-state index is -0.865. The molecule has 0 aliphatic carbocycles. The van der Waals surface area contributed by atoms with Crippen LogP contribution in [0.4, 0.5) is 0 Å². The Morgan fingerprint density at radius 3 is 1.58 bits per heavy atom. The number of esters is 1. The van der Waals surface area contributed by atoms with E-state index in [0.29, 0.717) is 0 Å². The van der Waals surface area contributed by atoms with Gasteiger partial charge >= 0.3 is 11.9 Å². The van der Waals surface area contributed by atoms with Crippen molar-refractivity contribution in [3.05, 3.63) is 71.8 Å². The molecule has 2 aromatic carbocycles. The van der Waals surface area contributed by atoms with Crippen LogP contribution in [0.25, 0.3) is 0 Å². The van der Waals surface area contributed by atoms with Gasteiger partial charge in [0.2, 0.25) is 0 Å². The Bertz CT molecular complexity index is 697. The Hall–Kier alpha value is -1.66. The number of benzene rings is 2. The SMILES string of the molecule is CC(C)(C)OC(=O)C(Br)c1ccccc1.O=C(O)C(Br)c1ccccc1. The fourth-order valence-corrected chi connectivity index (χ4v) is 2.58. The lowest BCUT2D eigenvalue weighted by Crippen LogP contribution is -2.25. The van der Waals surface area contributed by atoms with Gasteiger partial charge in [-0.3, -0.25) is 9.59 Å². The second-order valence-electron chi connectivity index (χ2n) is 6.42. The lowest BCUT2D eigenvalue weighted by Gasteiger charge is -2.21. The molecule has 2 unspecified atom stereocenters. The van der Waals surface area contributed by atoms with Crippen LogP contribution in [0.15, 0.2) is 60.7 Å². The number of alkyl halides is 2. The maximum atomic E-state index is 11.7. The number of rotatable bonds is 4. The fraction of sp³-hybridized carbons (Fsp3) is 0.300. The van der Waals surface area contributed by atoms with Gasteiger partial charge in [-0.05, 0) is 31.9 Å². The molecule has 4 nitrogen and oxygen atoms in total. The average molecular weight is 486 g/mol. The van der Waals surface area contributed by atoms with E-state index in [1.54, 1.807) is 12.1 Å². The number of aliphatic carboxylic acids is 1. The molecule has 0 saturated carbocycles. The summed E-state index contributed by atoms with van der Waals surface area (Å²) in [6.45, 7) is 5.57. The van der Waals surface area contributed by atoms with Crippen molar-refractivity contribution in [2.24, 2.45) is 0 Å². The van der Waals surface area contributed by atoms with E-state index >= 15 is 0 Å². The van der Waals surface area contributed by atoms with Gasteiger partial charge in [0.15, 0.2) is 0 Å². The van der Waals surface area contributed by atoms with Crippen molar-refractivity contribution in [3.8, 4) is 0 Å². The van der Waals surface area contributed by atoms with E-state index in [1.165, 1.54) is 0 Å². The third-order valence-electron chi connectivity index (χ3n) is 3.01. The zero-order valence-electron chi connectivity index (χ0n) is 14.9. The smallest absolute Gasteiger partial charge is 0.324 e. The molecule has 0 fully saturated rings. The molecular formula is C20H22Br2O4. The highest BCUT2D eigenvalue weighted by molar-refractivity contribution is 9.09. The number of carboxylic acid groups (broad SMARTS) is 1. The van der Waals surface area contributed by atoms with Gasteiger partial charge in [0.25, 0.3) is 0 Å². The zero-order chi connectivity index (χ0) is 19.7. The summed E-state index contributed by atoms with van der Waals surface area (Å²) >= 11 is 6.38. The average Bonchev–Trinajstić information content (AvgIpc) is 2.61. The molecule has 0 heterocycles. The topological polar surface area (TPSA) is 63.6 Å². The van der Waals surface area contributed by atoms with Gasteiger partial charge in [0.1, 0.15) is 15.3 Å². The number of ether oxygens (including phenoxy) is 1. The first-order chi connectivity index (χ1) is 12.1. The van der Waals surface area contributed by atoms with Gasteiger partial charge in [-0.25, -0.2) is 0 Å². The third-order valence-corrected chi connectivity index (χ3v) is 4.84. The van der Waals surface area contributed by atoms with Crippen molar-refractivity contribution in [2.45, 2.75) is 36.0 Å². The molecule has 0 aromatic heterocycles. The number of carbonyl (C=O) groups is 2. The predicted molar refractivity (Wildman–Crippen MR) is 110 cm³/mol. The molecule has 2 aromatic rings. The van der Waals surface area contributed by atoms with Gasteiger partial charge in [0, 0.05) is 0 Å². The van der Waals surface area contributed by atoms with Crippen LogP contribution >= 0.6 is 31.9 Å². The van der Waals surface area contributed by atoms with E-state index in [-0.39, 0.29) is 5.97 Å². The van der Waals surface area contributed by atoms with Gasteiger partial charge in [-0.2, -0.15) is 0 Å². The molecule has 0 amide bonds. The summed E-state index contributed by atoms with van der Waals surface area (Å²) in [4.78, 5) is 21.2. The first-order valence-electron chi connectivity index (χ1n) is 7.95. The number of hydrogen-bond donors (Lipinski definition) is 1. The van der Waals surface area contributed by atoms with Crippen molar-refractivity contribution in [1.29, 1.82) is 0 Å².